The van der Waals surface area contributed by atoms with Crippen LogP contribution in [0, 0.1) is 0 Å². The van der Waals surface area contributed by atoms with Gasteiger partial charge in [-0.25, -0.2) is 0 Å². The number of methoxy groups -OCH3 is 1. The summed E-state index contributed by atoms with van der Waals surface area (Å²) in [5, 5.41) is 6.34. The Bertz CT molecular complexity index is 924. The molecule has 1 aromatic heterocycles. The minimum Gasteiger partial charge on any atom is -0.496 e. The predicted molar refractivity (Wildman–Crippen MR) is 94.9 cm³/mol. The third kappa shape index (κ3) is 4.69. The van der Waals surface area contributed by atoms with Crippen molar-refractivity contribution < 1.29 is 23.6 Å². The summed E-state index contributed by atoms with van der Waals surface area (Å²) in [6, 6.07) is 15.8. The molecule has 2 aromatic carbocycles. The highest BCUT2D eigenvalue weighted by Gasteiger charge is 2.14. The summed E-state index contributed by atoms with van der Waals surface area (Å²) in [4.78, 5) is 27.8. The second-order valence-electron chi connectivity index (χ2n) is 5.42. The Labute approximate surface area is 155 Å². The number of benzene rings is 2. The number of hydrogen-bond acceptors (Lipinski definition) is 7. The molecule has 0 radical (unpaired) electrons. The summed E-state index contributed by atoms with van der Waals surface area (Å²) in [6.45, 7) is -0.455. The van der Waals surface area contributed by atoms with Crippen LogP contribution in [0.1, 0.15) is 16.2 Å². The van der Waals surface area contributed by atoms with Crippen molar-refractivity contribution in [2.45, 2.75) is 6.61 Å². The second kappa shape index (κ2) is 8.61. The van der Waals surface area contributed by atoms with Crippen molar-refractivity contribution in [1.82, 2.24) is 15.5 Å². The summed E-state index contributed by atoms with van der Waals surface area (Å²) >= 11 is 0. The van der Waals surface area contributed by atoms with Gasteiger partial charge >= 0.3 is 5.97 Å². The number of nitrogens with one attached hydrogen (secondary N) is 1. The summed E-state index contributed by atoms with van der Waals surface area (Å²) < 4.78 is 15.4. The van der Waals surface area contributed by atoms with Crippen LogP contribution in [0.15, 0.2) is 59.1 Å². The number of carbonyl (C=O) groups excluding carboxylic acids is 2. The fraction of sp³-hybridized carbons (Fsp3) is 0.158. The number of rotatable bonds is 7. The van der Waals surface area contributed by atoms with Gasteiger partial charge in [-0.15, -0.1) is 0 Å². The van der Waals surface area contributed by atoms with E-state index in [9.17, 15) is 9.59 Å². The molecule has 0 aliphatic carbocycles. The Morgan fingerprint density at radius 1 is 1.07 bits per heavy atom. The van der Waals surface area contributed by atoms with Gasteiger partial charge in [-0.05, 0) is 24.3 Å². The van der Waals surface area contributed by atoms with Crippen molar-refractivity contribution in [3.8, 4) is 17.1 Å². The van der Waals surface area contributed by atoms with Crippen LogP contribution in [0.3, 0.4) is 0 Å². The smallest absolute Gasteiger partial charge is 0.325 e. The molecular formula is C19H17N3O5. The zero-order valence-electron chi connectivity index (χ0n) is 14.5. The third-order valence-electron chi connectivity index (χ3n) is 3.60. The van der Waals surface area contributed by atoms with E-state index in [1.807, 2.05) is 12.1 Å². The lowest BCUT2D eigenvalue weighted by atomic mass is 10.2. The number of aromatic nitrogens is 2. The Morgan fingerprint density at radius 2 is 1.81 bits per heavy atom. The zero-order valence-corrected chi connectivity index (χ0v) is 14.5. The second-order valence-corrected chi connectivity index (χ2v) is 5.42. The molecule has 0 aliphatic rings. The standard InChI is InChI=1S/C19H17N3O5/c1-25-15-10-6-5-9-14(15)18-21-16(27-22-18)12-26-17(23)11-20-19(24)13-7-3-2-4-8-13/h2-10H,11-12H2,1H3,(H,20,24). The molecule has 0 saturated carbocycles. The lowest BCUT2D eigenvalue weighted by Gasteiger charge is -2.05. The average molecular weight is 367 g/mol. The number of ether oxygens (including phenoxy) is 2. The Kier molecular flexibility index (Phi) is 5.78. The van der Waals surface area contributed by atoms with Crippen LogP contribution >= 0.6 is 0 Å². The van der Waals surface area contributed by atoms with E-state index < -0.39 is 5.97 Å². The molecule has 0 bridgehead atoms. The van der Waals surface area contributed by atoms with Crippen LogP contribution in [0.5, 0.6) is 5.75 Å². The first-order valence-electron chi connectivity index (χ1n) is 8.12. The van der Waals surface area contributed by atoms with Crippen molar-refractivity contribution in [2.24, 2.45) is 0 Å². The summed E-state index contributed by atoms with van der Waals surface area (Å²) in [7, 11) is 1.55. The van der Waals surface area contributed by atoms with Gasteiger partial charge in [-0.3, -0.25) is 9.59 Å². The van der Waals surface area contributed by atoms with Gasteiger partial charge in [0.15, 0.2) is 6.61 Å². The number of carbonyl (C=O) groups is 2. The van der Waals surface area contributed by atoms with E-state index in [0.29, 0.717) is 22.7 Å². The Hall–Kier alpha value is -3.68. The maximum atomic E-state index is 11.9. The lowest BCUT2D eigenvalue weighted by molar-refractivity contribution is -0.144. The predicted octanol–water partition coefficient (Wildman–Crippen LogP) is 2.22. The van der Waals surface area contributed by atoms with E-state index >= 15 is 0 Å². The molecule has 8 nitrogen and oxygen atoms in total. The van der Waals surface area contributed by atoms with Crippen molar-refractivity contribution in [3.05, 3.63) is 66.1 Å². The zero-order chi connectivity index (χ0) is 19.1. The van der Waals surface area contributed by atoms with Crippen LogP contribution in [0.4, 0.5) is 0 Å². The Balaban J connectivity index is 1.51. The molecule has 27 heavy (non-hydrogen) atoms. The fourth-order valence-electron chi connectivity index (χ4n) is 2.29. The van der Waals surface area contributed by atoms with Crippen LogP contribution in [0.25, 0.3) is 11.4 Å². The van der Waals surface area contributed by atoms with Gasteiger partial charge in [0.1, 0.15) is 12.3 Å². The van der Waals surface area contributed by atoms with E-state index in [4.69, 9.17) is 14.0 Å². The maximum Gasteiger partial charge on any atom is 0.325 e. The highest BCUT2D eigenvalue weighted by Crippen LogP contribution is 2.27. The number of nitrogens with zero attached hydrogens (tertiary/aromatic N) is 2. The Morgan fingerprint density at radius 3 is 2.59 bits per heavy atom. The molecule has 3 rings (SSSR count). The summed E-state index contributed by atoms with van der Waals surface area (Å²) in [6.07, 6.45) is 0. The molecule has 138 valence electrons. The molecule has 3 aromatic rings. The van der Waals surface area contributed by atoms with Crippen molar-refractivity contribution in [2.75, 3.05) is 13.7 Å². The molecule has 0 atom stereocenters. The van der Waals surface area contributed by atoms with Gasteiger partial charge in [-0.1, -0.05) is 35.5 Å². The number of para-hydroxylation sites is 1. The van der Waals surface area contributed by atoms with Crippen LogP contribution in [0.2, 0.25) is 0 Å². The summed E-state index contributed by atoms with van der Waals surface area (Å²) in [5.74, 6) is 0.0973. The molecular weight excluding hydrogens is 350 g/mol. The first kappa shape index (κ1) is 18.1. The topological polar surface area (TPSA) is 104 Å². The molecule has 0 unspecified atom stereocenters. The van der Waals surface area contributed by atoms with E-state index in [-0.39, 0.29) is 24.9 Å². The molecule has 1 N–H and O–H groups in total. The van der Waals surface area contributed by atoms with Gasteiger partial charge in [-0.2, -0.15) is 4.98 Å². The molecule has 1 heterocycles. The van der Waals surface area contributed by atoms with E-state index in [1.165, 1.54) is 0 Å². The minimum absolute atomic E-state index is 0.138. The first-order valence-corrected chi connectivity index (χ1v) is 8.12. The molecule has 0 aliphatic heterocycles. The van der Waals surface area contributed by atoms with Gasteiger partial charge in [0.05, 0.1) is 12.7 Å². The minimum atomic E-state index is -0.615. The van der Waals surface area contributed by atoms with Gasteiger partial charge < -0.3 is 19.3 Å². The molecule has 1 amide bonds. The summed E-state index contributed by atoms with van der Waals surface area (Å²) in [5.41, 5.74) is 1.13. The quantitative estimate of drug-likeness (QED) is 0.639. The number of amides is 1. The van der Waals surface area contributed by atoms with Crippen LogP contribution in [-0.4, -0.2) is 35.7 Å². The van der Waals surface area contributed by atoms with Crippen LogP contribution in [-0.2, 0) is 16.1 Å². The number of hydrogen-bond donors (Lipinski definition) is 1. The van der Waals surface area contributed by atoms with Crippen molar-refractivity contribution in [1.29, 1.82) is 0 Å². The van der Waals surface area contributed by atoms with Crippen molar-refractivity contribution in [3.63, 3.8) is 0 Å². The largest absolute Gasteiger partial charge is 0.496 e. The normalized spacial score (nSPS) is 10.3. The molecule has 0 saturated heterocycles. The highest BCUT2D eigenvalue weighted by molar-refractivity contribution is 5.95. The SMILES string of the molecule is COc1ccccc1-c1noc(COC(=O)CNC(=O)c2ccccc2)n1. The average Bonchev–Trinajstić information content (AvgIpc) is 3.20. The van der Waals surface area contributed by atoms with Gasteiger partial charge in [0.25, 0.3) is 11.8 Å². The maximum absolute atomic E-state index is 11.9. The van der Waals surface area contributed by atoms with Gasteiger partial charge in [0.2, 0.25) is 5.82 Å². The number of esters is 1. The van der Waals surface area contributed by atoms with Crippen molar-refractivity contribution >= 4 is 11.9 Å². The first-order chi connectivity index (χ1) is 13.2. The lowest BCUT2D eigenvalue weighted by Crippen LogP contribution is -2.30. The highest BCUT2D eigenvalue weighted by atomic mass is 16.6. The van der Waals surface area contributed by atoms with E-state index in [2.05, 4.69) is 15.5 Å². The fourth-order valence-corrected chi connectivity index (χ4v) is 2.29. The molecule has 8 heteroatoms. The monoisotopic (exact) mass is 367 g/mol. The van der Waals surface area contributed by atoms with Crippen LogP contribution < -0.4 is 10.1 Å². The third-order valence-corrected chi connectivity index (χ3v) is 3.60. The molecule has 0 spiro atoms. The molecule has 0 fully saturated rings. The van der Waals surface area contributed by atoms with E-state index in [0.717, 1.165) is 0 Å². The van der Waals surface area contributed by atoms with E-state index in [1.54, 1.807) is 49.6 Å². The van der Waals surface area contributed by atoms with Gasteiger partial charge in [0, 0.05) is 5.56 Å².